The number of rotatable bonds is 4. The topological polar surface area (TPSA) is 24.5 Å². The van der Waals surface area contributed by atoms with E-state index in [2.05, 4.69) is 22.3 Å². The van der Waals surface area contributed by atoms with Gasteiger partial charge in [0.05, 0.1) is 0 Å². The molecule has 0 spiro atoms. The Hall–Kier alpha value is -2.00. The van der Waals surface area contributed by atoms with Gasteiger partial charge in [-0.3, -0.25) is 0 Å². The van der Waals surface area contributed by atoms with Gasteiger partial charge in [-0.05, 0) is 68.2 Å². The Bertz CT molecular complexity index is 603. The summed E-state index contributed by atoms with van der Waals surface area (Å²) in [6.45, 7) is 3.76. The molecule has 3 saturated heterocycles. The first kappa shape index (κ1) is 13.6. The maximum absolute atomic E-state index is 5.84. The van der Waals surface area contributed by atoms with Crippen molar-refractivity contribution < 1.29 is 4.74 Å². The highest BCUT2D eigenvalue weighted by atomic mass is 16.5. The molecule has 2 bridgehead atoms. The zero-order chi connectivity index (χ0) is 14.8. The van der Waals surface area contributed by atoms with Crippen molar-refractivity contribution in [1.82, 2.24) is 4.90 Å². The van der Waals surface area contributed by atoms with Gasteiger partial charge in [0, 0.05) is 18.3 Å². The van der Waals surface area contributed by atoms with E-state index < -0.39 is 0 Å². The standard InChI is InChI=1S/C19H22N2O/c1-2-4-17(5-3-1)22-18-8-6-16(7-9-18)20-19-14-21-12-10-15(19)11-13-21/h1-9,15,19-20H,10-14H2. The number of para-hydroxylation sites is 1. The minimum atomic E-state index is 0.600. The minimum absolute atomic E-state index is 0.600. The van der Waals surface area contributed by atoms with E-state index in [-0.39, 0.29) is 0 Å². The van der Waals surface area contributed by atoms with Gasteiger partial charge < -0.3 is 15.0 Å². The van der Waals surface area contributed by atoms with Crippen LogP contribution in [-0.4, -0.2) is 30.6 Å². The van der Waals surface area contributed by atoms with Crippen molar-refractivity contribution in [2.24, 2.45) is 5.92 Å². The first-order valence-corrected chi connectivity index (χ1v) is 8.19. The van der Waals surface area contributed by atoms with Gasteiger partial charge in [0.15, 0.2) is 0 Å². The van der Waals surface area contributed by atoms with Crippen LogP contribution in [0, 0.1) is 5.92 Å². The van der Waals surface area contributed by atoms with E-state index >= 15 is 0 Å². The SMILES string of the molecule is c1ccc(Oc2ccc(NC3CN4CCC3CC4)cc2)cc1. The lowest BCUT2D eigenvalue weighted by molar-refractivity contribution is 0.0975. The van der Waals surface area contributed by atoms with E-state index in [0.717, 1.165) is 17.4 Å². The number of nitrogens with zero attached hydrogens (tertiary/aromatic N) is 1. The van der Waals surface area contributed by atoms with Crippen molar-refractivity contribution in [2.75, 3.05) is 25.0 Å². The van der Waals surface area contributed by atoms with Crippen molar-refractivity contribution in [3.05, 3.63) is 54.6 Å². The van der Waals surface area contributed by atoms with E-state index in [0.29, 0.717) is 6.04 Å². The molecule has 3 nitrogen and oxygen atoms in total. The first-order chi connectivity index (χ1) is 10.9. The third kappa shape index (κ3) is 2.95. The van der Waals surface area contributed by atoms with E-state index in [1.807, 2.05) is 42.5 Å². The quantitative estimate of drug-likeness (QED) is 0.923. The van der Waals surface area contributed by atoms with Crippen LogP contribution >= 0.6 is 0 Å². The molecule has 3 heteroatoms. The summed E-state index contributed by atoms with van der Waals surface area (Å²) in [5, 5.41) is 3.71. The zero-order valence-electron chi connectivity index (χ0n) is 12.7. The zero-order valence-corrected chi connectivity index (χ0v) is 12.7. The fourth-order valence-corrected chi connectivity index (χ4v) is 3.59. The second-order valence-electron chi connectivity index (χ2n) is 6.33. The number of ether oxygens (including phenoxy) is 1. The summed E-state index contributed by atoms with van der Waals surface area (Å²) in [6, 6.07) is 18.8. The number of piperidine rings is 3. The summed E-state index contributed by atoms with van der Waals surface area (Å²) in [5.74, 6) is 2.59. The van der Waals surface area contributed by atoms with Crippen molar-refractivity contribution >= 4 is 5.69 Å². The smallest absolute Gasteiger partial charge is 0.127 e. The summed E-state index contributed by atoms with van der Waals surface area (Å²) in [4.78, 5) is 2.57. The highest BCUT2D eigenvalue weighted by Gasteiger charge is 2.33. The average Bonchev–Trinajstić information content (AvgIpc) is 2.59. The van der Waals surface area contributed by atoms with Gasteiger partial charge in [0.1, 0.15) is 11.5 Å². The third-order valence-corrected chi connectivity index (χ3v) is 4.84. The molecular formula is C19H22N2O. The van der Waals surface area contributed by atoms with Gasteiger partial charge in [-0.1, -0.05) is 18.2 Å². The summed E-state index contributed by atoms with van der Waals surface area (Å²) in [5.41, 5.74) is 1.19. The molecule has 114 valence electrons. The lowest BCUT2D eigenvalue weighted by atomic mass is 9.84. The second-order valence-corrected chi connectivity index (χ2v) is 6.33. The van der Waals surface area contributed by atoms with E-state index in [9.17, 15) is 0 Å². The molecule has 0 aliphatic carbocycles. The Labute approximate surface area is 131 Å². The first-order valence-electron chi connectivity index (χ1n) is 8.19. The Morgan fingerprint density at radius 1 is 0.864 bits per heavy atom. The molecule has 5 rings (SSSR count). The Kier molecular flexibility index (Phi) is 3.73. The van der Waals surface area contributed by atoms with Crippen LogP contribution in [0.25, 0.3) is 0 Å². The van der Waals surface area contributed by atoms with Crippen LogP contribution in [0.1, 0.15) is 12.8 Å². The van der Waals surface area contributed by atoms with Crippen LogP contribution in [-0.2, 0) is 0 Å². The molecule has 3 fully saturated rings. The van der Waals surface area contributed by atoms with E-state index in [1.165, 1.54) is 38.2 Å². The maximum atomic E-state index is 5.84. The molecule has 3 aliphatic rings. The molecule has 0 radical (unpaired) electrons. The van der Waals surface area contributed by atoms with Crippen molar-refractivity contribution in [3.63, 3.8) is 0 Å². The number of hydrogen-bond acceptors (Lipinski definition) is 3. The van der Waals surface area contributed by atoms with Gasteiger partial charge in [0.25, 0.3) is 0 Å². The molecule has 3 heterocycles. The Balaban J connectivity index is 1.39. The fourth-order valence-electron chi connectivity index (χ4n) is 3.59. The number of hydrogen-bond donors (Lipinski definition) is 1. The van der Waals surface area contributed by atoms with Crippen LogP contribution in [0.2, 0.25) is 0 Å². The summed E-state index contributed by atoms with van der Waals surface area (Å²) < 4.78 is 5.84. The van der Waals surface area contributed by atoms with Gasteiger partial charge in [-0.2, -0.15) is 0 Å². The molecule has 1 atom stereocenters. The summed E-state index contributed by atoms with van der Waals surface area (Å²) in [7, 11) is 0. The summed E-state index contributed by atoms with van der Waals surface area (Å²) >= 11 is 0. The molecule has 0 amide bonds. The van der Waals surface area contributed by atoms with Crippen molar-refractivity contribution in [3.8, 4) is 11.5 Å². The molecule has 1 unspecified atom stereocenters. The van der Waals surface area contributed by atoms with Gasteiger partial charge in [-0.15, -0.1) is 0 Å². The Morgan fingerprint density at radius 3 is 2.18 bits per heavy atom. The molecule has 1 N–H and O–H groups in total. The highest BCUT2D eigenvalue weighted by molar-refractivity contribution is 5.48. The van der Waals surface area contributed by atoms with Crippen molar-refractivity contribution in [2.45, 2.75) is 18.9 Å². The number of nitrogens with one attached hydrogen (secondary N) is 1. The minimum Gasteiger partial charge on any atom is -0.457 e. The van der Waals surface area contributed by atoms with Gasteiger partial charge in [-0.25, -0.2) is 0 Å². The van der Waals surface area contributed by atoms with Crippen LogP contribution in [0.15, 0.2) is 54.6 Å². The van der Waals surface area contributed by atoms with Gasteiger partial charge in [0.2, 0.25) is 0 Å². The number of fused-ring (bicyclic) bond motifs is 3. The lowest BCUT2D eigenvalue weighted by Crippen LogP contribution is -2.53. The molecule has 2 aromatic rings. The fraction of sp³-hybridized carbons (Fsp3) is 0.368. The predicted octanol–water partition coefficient (Wildman–Crippen LogP) is 3.99. The second kappa shape index (κ2) is 6.01. The average molecular weight is 294 g/mol. The van der Waals surface area contributed by atoms with Crippen LogP contribution in [0.3, 0.4) is 0 Å². The number of anilines is 1. The number of benzene rings is 2. The van der Waals surface area contributed by atoms with Crippen molar-refractivity contribution in [1.29, 1.82) is 0 Å². The molecule has 2 aromatic carbocycles. The molecule has 3 aliphatic heterocycles. The Morgan fingerprint density at radius 2 is 1.55 bits per heavy atom. The van der Waals surface area contributed by atoms with Gasteiger partial charge >= 0.3 is 0 Å². The highest BCUT2D eigenvalue weighted by Crippen LogP contribution is 2.30. The van der Waals surface area contributed by atoms with Crippen LogP contribution in [0.5, 0.6) is 11.5 Å². The molecular weight excluding hydrogens is 272 g/mol. The molecule has 22 heavy (non-hydrogen) atoms. The van der Waals surface area contributed by atoms with Crippen LogP contribution in [0.4, 0.5) is 5.69 Å². The molecule has 0 saturated carbocycles. The third-order valence-electron chi connectivity index (χ3n) is 4.84. The molecule has 0 aromatic heterocycles. The normalized spacial score (nSPS) is 26.6. The predicted molar refractivity (Wildman–Crippen MR) is 89.5 cm³/mol. The summed E-state index contributed by atoms with van der Waals surface area (Å²) in [6.07, 6.45) is 2.68. The van der Waals surface area contributed by atoms with Crippen LogP contribution < -0.4 is 10.1 Å². The van der Waals surface area contributed by atoms with E-state index in [4.69, 9.17) is 4.74 Å². The monoisotopic (exact) mass is 294 g/mol. The maximum Gasteiger partial charge on any atom is 0.127 e. The largest absolute Gasteiger partial charge is 0.457 e. The lowest BCUT2D eigenvalue weighted by Gasteiger charge is -2.45. The van der Waals surface area contributed by atoms with E-state index in [1.54, 1.807) is 0 Å².